The predicted molar refractivity (Wildman–Crippen MR) is 69.2 cm³/mol. The van der Waals surface area contributed by atoms with E-state index < -0.39 is 0 Å². The largest absolute Gasteiger partial charge is 0.440 e. The van der Waals surface area contributed by atoms with Gasteiger partial charge in [0.1, 0.15) is 6.26 Å². The van der Waals surface area contributed by atoms with Crippen molar-refractivity contribution in [3.05, 3.63) is 36.0 Å². The fourth-order valence-corrected chi connectivity index (χ4v) is 2.16. The zero-order valence-corrected chi connectivity index (χ0v) is 10.8. The fraction of sp³-hybridized carbons (Fsp3) is 0.333. The molecule has 0 aliphatic heterocycles. The lowest BCUT2D eigenvalue weighted by atomic mass is 10.3. The van der Waals surface area contributed by atoms with Crippen LogP contribution in [0.3, 0.4) is 0 Å². The minimum Gasteiger partial charge on any atom is -0.440 e. The van der Waals surface area contributed by atoms with E-state index in [2.05, 4.69) is 22.2 Å². The molecule has 90 valence electrons. The lowest BCUT2D eigenvalue weighted by Gasteiger charge is -2.04. The molecule has 17 heavy (non-hydrogen) atoms. The molecule has 0 saturated carbocycles. The summed E-state index contributed by atoms with van der Waals surface area (Å²) in [5.74, 6) is 0.763. The van der Waals surface area contributed by atoms with Gasteiger partial charge < -0.3 is 9.73 Å². The number of nitrogens with zero attached hydrogens (tertiary/aromatic N) is 2. The van der Waals surface area contributed by atoms with Gasteiger partial charge in [-0.25, -0.2) is 4.98 Å². The van der Waals surface area contributed by atoms with Crippen molar-refractivity contribution >= 4 is 17.4 Å². The number of thioether (sulfide) groups is 1. The van der Waals surface area contributed by atoms with E-state index in [1.807, 2.05) is 25.3 Å². The lowest BCUT2D eigenvalue weighted by molar-refractivity contribution is 0.454. The summed E-state index contributed by atoms with van der Waals surface area (Å²) in [6, 6.07) is 4.01. The van der Waals surface area contributed by atoms with Crippen molar-refractivity contribution in [1.29, 1.82) is 0 Å². The van der Waals surface area contributed by atoms with Gasteiger partial charge in [0.25, 0.3) is 5.22 Å². The molecule has 0 aliphatic rings. The smallest absolute Gasteiger partial charge is 0.256 e. The predicted octanol–water partition coefficient (Wildman–Crippen LogP) is 3.10. The van der Waals surface area contributed by atoms with Gasteiger partial charge in [0.2, 0.25) is 0 Å². The van der Waals surface area contributed by atoms with E-state index in [4.69, 9.17) is 4.42 Å². The maximum atomic E-state index is 5.27. The SMILES string of the molecule is CCNc1ccnc(CSc2nc(C)co2)c1. The molecule has 0 bridgehead atoms. The molecule has 0 saturated heterocycles. The summed E-state index contributed by atoms with van der Waals surface area (Å²) in [5, 5.41) is 3.95. The standard InChI is InChI=1S/C12H15N3OS/c1-3-13-10-4-5-14-11(6-10)8-17-12-15-9(2)7-16-12/h4-7H,3,8H2,1-2H3,(H,13,14). The van der Waals surface area contributed by atoms with E-state index in [9.17, 15) is 0 Å². The molecule has 0 unspecified atom stereocenters. The quantitative estimate of drug-likeness (QED) is 0.825. The van der Waals surface area contributed by atoms with Crippen molar-refractivity contribution in [1.82, 2.24) is 9.97 Å². The molecule has 1 N–H and O–H groups in total. The average Bonchev–Trinajstić information content (AvgIpc) is 2.74. The molecule has 2 aromatic rings. The van der Waals surface area contributed by atoms with Crippen LogP contribution in [0.5, 0.6) is 0 Å². The molecule has 2 aromatic heterocycles. The van der Waals surface area contributed by atoms with Gasteiger partial charge in [0.15, 0.2) is 0 Å². The number of aromatic nitrogens is 2. The third kappa shape index (κ3) is 3.49. The van der Waals surface area contributed by atoms with E-state index in [1.165, 1.54) is 0 Å². The van der Waals surface area contributed by atoms with Gasteiger partial charge in [-0.15, -0.1) is 0 Å². The molecular weight excluding hydrogens is 234 g/mol. The van der Waals surface area contributed by atoms with Crippen LogP contribution in [0, 0.1) is 6.92 Å². The van der Waals surface area contributed by atoms with Gasteiger partial charge in [-0.1, -0.05) is 11.8 Å². The van der Waals surface area contributed by atoms with Crippen molar-refractivity contribution in [2.75, 3.05) is 11.9 Å². The topological polar surface area (TPSA) is 51.0 Å². The Balaban J connectivity index is 1.96. The Bertz CT molecular complexity index is 484. The summed E-state index contributed by atoms with van der Waals surface area (Å²) in [6.45, 7) is 4.90. The van der Waals surface area contributed by atoms with E-state index in [0.29, 0.717) is 5.22 Å². The minimum atomic E-state index is 0.693. The van der Waals surface area contributed by atoms with Crippen molar-refractivity contribution in [2.45, 2.75) is 24.8 Å². The molecule has 0 fully saturated rings. The Morgan fingerprint density at radius 3 is 3.06 bits per heavy atom. The Labute approximate surface area is 105 Å². The molecule has 0 radical (unpaired) electrons. The van der Waals surface area contributed by atoms with Crippen LogP contribution < -0.4 is 5.32 Å². The van der Waals surface area contributed by atoms with Gasteiger partial charge in [0.05, 0.1) is 11.4 Å². The second-order valence-corrected chi connectivity index (χ2v) is 4.54. The number of rotatable bonds is 5. The van der Waals surface area contributed by atoms with Crippen molar-refractivity contribution in [2.24, 2.45) is 0 Å². The molecule has 0 spiro atoms. The number of oxazole rings is 1. The first-order valence-corrected chi connectivity index (χ1v) is 6.50. The van der Waals surface area contributed by atoms with Gasteiger partial charge in [-0.3, -0.25) is 4.98 Å². The molecule has 0 amide bonds. The van der Waals surface area contributed by atoms with Gasteiger partial charge in [0, 0.05) is 24.2 Å². The molecule has 5 heteroatoms. The van der Waals surface area contributed by atoms with Crippen LogP contribution in [0.2, 0.25) is 0 Å². The van der Waals surface area contributed by atoms with Crippen LogP contribution in [0.1, 0.15) is 18.3 Å². The highest BCUT2D eigenvalue weighted by atomic mass is 32.2. The first-order chi connectivity index (χ1) is 8.28. The Morgan fingerprint density at radius 2 is 2.35 bits per heavy atom. The van der Waals surface area contributed by atoms with Crippen molar-refractivity contribution < 1.29 is 4.42 Å². The van der Waals surface area contributed by atoms with Crippen molar-refractivity contribution in [3.8, 4) is 0 Å². The van der Waals surface area contributed by atoms with Gasteiger partial charge in [-0.05, 0) is 26.0 Å². The average molecular weight is 249 g/mol. The summed E-state index contributed by atoms with van der Waals surface area (Å²) >= 11 is 1.55. The second-order valence-electron chi connectivity index (χ2n) is 3.61. The van der Waals surface area contributed by atoms with Crippen LogP contribution in [0.4, 0.5) is 5.69 Å². The van der Waals surface area contributed by atoms with E-state index in [0.717, 1.165) is 29.4 Å². The molecule has 4 nitrogen and oxygen atoms in total. The number of hydrogen-bond donors (Lipinski definition) is 1. The van der Waals surface area contributed by atoms with Crippen LogP contribution in [0.15, 0.2) is 34.2 Å². The first kappa shape index (κ1) is 12.0. The summed E-state index contributed by atoms with van der Waals surface area (Å²) < 4.78 is 5.27. The Kier molecular flexibility index (Phi) is 4.03. The summed E-state index contributed by atoms with van der Waals surface area (Å²) in [5.41, 5.74) is 3.02. The zero-order valence-electron chi connectivity index (χ0n) is 9.93. The second kappa shape index (κ2) is 5.72. The highest BCUT2D eigenvalue weighted by molar-refractivity contribution is 7.98. The van der Waals surface area contributed by atoms with Crippen molar-refractivity contribution in [3.63, 3.8) is 0 Å². The molecular formula is C12H15N3OS. The third-order valence-electron chi connectivity index (χ3n) is 2.14. The number of aryl methyl sites for hydroxylation is 1. The maximum absolute atomic E-state index is 5.27. The van der Waals surface area contributed by atoms with E-state index in [1.54, 1.807) is 18.0 Å². The Hall–Kier alpha value is -1.49. The lowest BCUT2D eigenvalue weighted by Crippen LogP contribution is -1.97. The number of anilines is 1. The molecule has 0 aliphatic carbocycles. The van der Waals surface area contributed by atoms with Crippen LogP contribution in [-0.4, -0.2) is 16.5 Å². The maximum Gasteiger partial charge on any atom is 0.256 e. The third-order valence-corrected chi connectivity index (χ3v) is 3.01. The summed E-state index contributed by atoms with van der Waals surface area (Å²) in [7, 11) is 0. The fourth-order valence-electron chi connectivity index (χ4n) is 1.41. The molecule has 0 atom stereocenters. The van der Waals surface area contributed by atoms with Crippen LogP contribution in [0.25, 0.3) is 0 Å². The first-order valence-electron chi connectivity index (χ1n) is 5.51. The summed E-state index contributed by atoms with van der Waals surface area (Å²) in [4.78, 5) is 8.55. The molecule has 2 rings (SSSR count). The van der Waals surface area contributed by atoms with Crippen LogP contribution in [-0.2, 0) is 5.75 Å². The number of hydrogen-bond acceptors (Lipinski definition) is 5. The van der Waals surface area contributed by atoms with Gasteiger partial charge >= 0.3 is 0 Å². The monoisotopic (exact) mass is 249 g/mol. The van der Waals surface area contributed by atoms with E-state index in [-0.39, 0.29) is 0 Å². The normalized spacial score (nSPS) is 10.5. The number of nitrogens with one attached hydrogen (secondary N) is 1. The Morgan fingerprint density at radius 1 is 1.47 bits per heavy atom. The molecule has 2 heterocycles. The highest BCUT2D eigenvalue weighted by Gasteiger charge is 2.03. The minimum absolute atomic E-state index is 0.693. The zero-order chi connectivity index (χ0) is 12.1. The number of pyridine rings is 1. The molecule has 0 aromatic carbocycles. The van der Waals surface area contributed by atoms with Crippen LogP contribution >= 0.6 is 11.8 Å². The van der Waals surface area contributed by atoms with E-state index >= 15 is 0 Å². The summed E-state index contributed by atoms with van der Waals surface area (Å²) in [6.07, 6.45) is 3.47. The van der Waals surface area contributed by atoms with Gasteiger partial charge in [-0.2, -0.15) is 0 Å². The highest BCUT2D eigenvalue weighted by Crippen LogP contribution is 2.21.